The molecule has 0 heterocycles. The largest absolute Gasteiger partial charge is 0.505 e. The third-order valence-electron chi connectivity index (χ3n) is 3.49. The number of rotatable bonds is 2. The van der Waals surface area contributed by atoms with Gasteiger partial charge in [-0.3, -0.25) is 0 Å². The van der Waals surface area contributed by atoms with Gasteiger partial charge in [0, 0.05) is 11.6 Å². The number of phenols is 1. The molecule has 0 radical (unpaired) electrons. The molecule has 1 fully saturated rings. The summed E-state index contributed by atoms with van der Waals surface area (Å²) in [5.41, 5.74) is 6.61. The van der Waals surface area contributed by atoms with E-state index < -0.39 is 11.6 Å². The molecule has 0 spiro atoms. The maximum Gasteiger partial charge on any atom is 0.166 e. The molecule has 0 aromatic heterocycles. The lowest BCUT2D eigenvalue weighted by atomic mass is 9.91. The zero-order valence-corrected chi connectivity index (χ0v) is 9.49. The SMILES string of the molecule is N#Cc1cc(F)c(O)c([C@@H](N)C2CCCC2)c1. The van der Waals surface area contributed by atoms with Crippen LogP contribution in [0.15, 0.2) is 12.1 Å². The van der Waals surface area contributed by atoms with Gasteiger partial charge in [-0.25, -0.2) is 4.39 Å². The van der Waals surface area contributed by atoms with Crippen LogP contribution in [0.1, 0.15) is 42.9 Å². The number of nitrogens with zero attached hydrogens (tertiary/aromatic N) is 1. The van der Waals surface area contributed by atoms with Crippen molar-refractivity contribution in [3.63, 3.8) is 0 Å². The van der Waals surface area contributed by atoms with Gasteiger partial charge in [-0.1, -0.05) is 12.8 Å². The highest BCUT2D eigenvalue weighted by Crippen LogP contribution is 2.38. The first-order chi connectivity index (χ1) is 8.13. The standard InChI is InChI=1S/C13H15FN2O/c14-11-6-8(7-15)5-10(13(11)17)12(16)9-3-1-2-4-9/h5-6,9,12,17H,1-4,16H2/t12-/m0/s1. The number of hydrogen-bond donors (Lipinski definition) is 2. The summed E-state index contributed by atoms with van der Waals surface area (Å²) in [6.45, 7) is 0. The third-order valence-corrected chi connectivity index (χ3v) is 3.49. The first-order valence-corrected chi connectivity index (χ1v) is 5.81. The molecule has 17 heavy (non-hydrogen) atoms. The molecule has 1 aromatic rings. The number of hydrogen-bond acceptors (Lipinski definition) is 3. The van der Waals surface area contributed by atoms with Crippen molar-refractivity contribution in [3.8, 4) is 11.8 Å². The Morgan fingerprint density at radius 3 is 2.65 bits per heavy atom. The molecule has 0 amide bonds. The van der Waals surface area contributed by atoms with Gasteiger partial charge < -0.3 is 10.8 Å². The van der Waals surface area contributed by atoms with Crippen LogP contribution in [0.5, 0.6) is 5.75 Å². The van der Waals surface area contributed by atoms with Crippen LogP contribution < -0.4 is 5.73 Å². The van der Waals surface area contributed by atoms with E-state index in [-0.39, 0.29) is 17.5 Å². The predicted molar refractivity (Wildman–Crippen MR) is 61.7 cm³/mol. The van der Waals surface area contributed by atoms with E-state index in [1.165, 1.54) is 6.07 Å². The van der Waals surface area contributed by atoms with Gasteiger partial charge in [-0.05, 0) is 30.9 Å². The lowest BCUT2D eigenvalue weighted by Gasteiger charge is -2.20. The molecule has 3 N–H and O–H groups in total. The van der Waals surface area contributed by atoms with E-state index in [0.29, 0.717) is 5.56 Å². The van der Waals surface area contributed by atoms with E-state index in [4.69, 9.17) is 11.0 Å². The van der Waals surface area contributed by atoms with Crippen molar-refractivity contribution in [2.75, 3.05) is 0 Å². The Kier molecular flexibility index (Phi) is 3.30. The zero-order valence-electron chi connectivity index (χ0n) is 9.49. The topological polar surface area (TPSA) is 70.0 Å². The molecule has 0 aliphatic heterocycles. The number of nitriles is 1. The van der Waals surface area contributed by atoms with Crippen LogP contribution in [-0.4, -0.2) is 5.11 Å². The van der Waals surface area contributed by atoms with Gasteiger partial charge in [0.25, 0.3) is 0 Å². The molecule has 0 saturated heterocycles. The smallest absolute Gasteiger partial charge is 0.166 e. The number of phenolic OH excluding ortho intramolecular Hbond substituents is 1. The second kappa shape index (κ2) is 4.72. The van der Waals surface area contributed by atoms with Crippen LogP contribution in [-0.2, 0) is 0 Å². The van der Waals surface area contributed by atoms with Gasteiger partial charge in [0.05, 0.1) is 11.6 Å². The number of benzene rings is 1. The maximum absolute atomic E-state index is 13.4. The molecule has 0 bridgehead atoms. The van der Waals surface area contributed by atoms with Crippen molar-refractivity contribution in [3.05, 3.63) is 29.1 Å². The summed E-state index contributed by atoms with van der Waals surface area (Å²) >= 11 is 0. The van der Waals surface area contributed by atoms with Crippen LogP contribution in [0, 0.1) is 23.1 Å². The Balaban J connectivity index is 2.36. The van der Waals surface area contributed by atoms with Crippen molar-refractivity contribution in [1.29, 1.82) is 5.26 Å². The molecule has 0 unspecified atom stereocenters. The average Bonchev–Trinajstić information content (AvgIpc) is 2.85. The fourth-order valence-corrected chi connectivity index (χ4v) is 2.51. The van der Waals surface area contributed by atoms with Crippen LogP contribution in [0.25, 0.3) is 0 Å². The second-order valence-corrected chi connectivity index (χ2v) is 4.58. The van der Waals surface area contributed by atoms with E-state index in [0.717, 1.165) is 31.7 Å². The lowest BCUT2D eigenvalue weighted by Crippen LogP contribution is -2.19. The summed E-state index contributed by atoms with van der Waals surface area (Å²) in [5.74, 6) is -0.912. The molecule has 1 saturated carbocycles. The minimum atomic E-state index is -0.771. The van der Waals surface area contributed by atoms with E-state index in [1.54, 1.807) is 0 Å². The molecule has 2 rings (SSSR count). The number of nitrogens with two attached hydrogens (primary N) is 1. The summed E-state index contributed by atoms with van der Waals surface area (Å²) in [6, 6.07) is 4.00. The summed E-state index contributed by atoms with van der Waals surface area (Å²) in [5, 5.41) is 18.5. The van der Waals surface area contributed by atoms with Crippen LogP contribution in [0.3, 0.4) is 0 Å². The van der Waals surface area contributed by atoms with E-state index in [1.807, 2.05) is 6.07 Å². The average molecular weight is 234 g/mol. The maximum atomic E-state index is 13.4. The van der Waals surface area contributed by atoms with Gasteiger partial charge in [0.1, 0.15) is 0 Å². The van der Waals surface area contributed by atoms with Crippen molar-refractivity contribution in [2.24, 2.45) is 11.7 Å². The molecular weight excluding hydrogens is 219 g/mol. The minimum Gasteiger partial charge on any atom is -0.505 e. The van der Waals surface area contributed by atoms with Gasteiger partial charge in [0.2, 0.25) is 0 Å². The summed E-state index contributed by atoms with van der Waals surface area (Å²) in [7, 11) is 0. The first-order valence-electron chi connectivity index (χ1n) is 5.81. The molecule has 3 nitrogen and oxygen atoms in total. The Morgan fingerprint density at radius 2 is 2.06 bits per heavy atom. The van der Waals surface area contributed by atoms with Crippen LogP contribution in [0.4, 0.5) is 4.39 Å². The molecular formula is C13H15FN2O. The fraction of sp³-hybridized carbons (Fsp3) is 0.462. The fourth-order valence-electron chi connectivity index (χ4n) is 2.51. The van der Waals surface area contributed by atoms with Crippen molar-refractivity contribution in [1.82, 2.24) is 0 Å². The van der Waals surface area contributed by atoms with E-state index >= 15 is 0 Å². The monoisotopic (exact) mass is 234 g/mol. The normalized spacial score (nSPS) is 17.9. The first kappa shape index (κ1) is 11.9. The third kappa shape index (κ3) is 2.25. The molecule has 1 aromatic carbocycles. The van der Waals surface area contributed by atoms with Gasteiger partial charge in [-0.15, -0.1) is 0 Å². The van der Waals surface area contributed by atoms with Gasteiger partial charge in [-0.2, -0.15) is 5.26 Å². The minimum absolute atomic E-state index is 0.198. The lowest BCUT2D eigenvalue weighted by molar-refractivity contribution is 0.392. The summed E-state index contributed by atoms with van der Waals surface area (Å²) in [4.78, 5) is 0. The molecule has 1 atom stereocenters. The quantitative estimate of drug-likeness (QED) is 0.826. The van der Waals surface area contributed by atoms with Crippen LogP contribution in [0.2, 0.25) is 0 Å². The summed E-state index contributed by atoms with van der Waals surface area (Å²) < 4.78 is 13.4. The highest BCUT2D eigenvalue weighted by molar-refractivity contribution is 5.44. The molecule has 1 aliphatic carbocycles. The van der Waals surface area contributed by atoms with Crippen molar-refractivity contribution in [2.45, 2.75) is 31.7 Å². The molecule has 1 aliphatic rings. The van der Waals surface area contributed by atoms with Crippen LogP contribution >= 0.6 is 0 Å². The highest BCUT2D eigenvalue weighted by Gasteiger charge is 2.26. The molecule has 90 valence electrons. The molecule has 4 heteroatoms. The van der Waals surface area contributed by atoms with Crippen molar-refractivity contribution < 1.29 is 9.50 Å². The summed E-state index contributed by atoms with van der Waals surface area (Å²) in [6.07, 6.45) is 4.25. The Morgan fingerprint density at radius 1 is 1.41 bits per heavy atom. The number of halogens is 1. The van der Waals surface area contributed by atoms with Gasteiger partial charge in [0.15, 0.2) is 11.6 Å². The van der Waals surface area contributed by atoms with Crippen molar-refractivity contribution >= 4 is 0 Å². The van der Waals surface area contributed by atoms with E-state index in [2.05, 4.69) is 0 Å². The Bertz CT molecular complexity index is 461. The Hall–Kier alpha value is -1.60. The van der Waals surface area contributed by atoms with Gasteiger partial charge >= 0.3 is 0 Å². The second-order valence-electron chi connectivity index (χ2n) is 4.58. The predicted octanol–water partition coefficient (Wildman–Crippen LogP) is 2.59. The Labute approximate surface area is 99.7 Å². The zero-order chi connectivity index (χ0) is 12.4. The van der Waals surface area contributed by atoms with E-state index in [9.17, 15) is 9.50 Å². The highest BCUT2D eigenvalue weighted by atomic mass is 19.1. The number of aromatic hydroxyl groups is 1.